The Morgan fingerprint density at radius 3 is 2.02 bits per heavy atom. The highest BCUT2D eigenvalue weighted by molar-refractivity contribution is 7.22. The van der Waals surface area contributed by atoms with Crippen molar-refractivity contribution in [2.75, 3.05) is 10.2 Å². The van der Waals surface area contributed by atoms with Gasteiger partial charge in [-0.25, -0.2) is 23.8 Å². The van der Waals surface area contributed by atoms with Crippen LogP contribution in [0.4, 0.5) is 30.6 Å². The molecule has 0 aliphatic heterocycles. The predicted octanol–water partition coefficient (Wildman–Crippen LogP) is 6.59. The number of carbonyl (C=O) groups excluding carboxylic acids is 2. The van der Waals surface area contributed by atoms with Gasteiger partial charge in [0.05, 0.1) is 5.69 Å². The summed E-state index contributed by atoms with van der Waals surface area (Å²) in [6, 6.07) is 4.27. The van der Waals surface area contributed by atoms with Crippen molar-refractivity contribution >= 4 is 56.3 Å². The summed E-state index contributed by atoms with van der Waals surface area (Å²) >= 11 is 0.621. The van der Waals surface area contributed by atoms with Gasteiger partial charge in [-0.1, -0.05) is 31.3 Å². The van der Waals surface area contributed by atoms with Gasteiger partial charge in [0.15, 0.2) is 0 Å². The summed E-state index contributed by atoms with van der Waals surface area (Å²) in [5.74, 6) is -2.37. The van der Waals surface area contributed by atoms with E-state index in [-0.39, 0.29) is 26.9 Å². The number of anilines is 3. The Balaban J connectivity index is 0.00000274. The third-order valence-corrected chi connectivity index (χ3v) is 5.89. The fraction of sp³-hybridized carbons (Fsp3) is 0.444. The van der Waals surface area contributed by atoms with Crippen molar-refractivity contribution in [1.82, 2.24) is 9.55 Å². The van der Waals surface area contributed by atoms with Gasteiger partial charge in [-0.3, -0.25) is 9.36 Å². The lowest BCUT2D eigenvalue weighted by molar-refractivity contribution is 0.0430. The second kappa shape index (κ2) is 12.0. The fourth-order valence-electron chi connectivity index (χ4n) is 3.30. The van der Waals surface area contributed by atoms with Crippen LogP contribution in [-0.4, -0.2) is 44.0 Å². The molecule has 40 heavy (non-hydrogen) atoms. The molecular weight excluding hydrogens is 543 g/mol. The van der Waals surface area contributed by atoms with Crippen LogP contribution in [0.3, 0.4) is 0 Å². The van der Waals surface area contributed by atoms with Crippen LogP contribution in [0.25, 0.3) is 10.2 Å². The van der Waals surface area contributed by atoms with Crippen LogP contribution in [0, 0.1) is 12.7 Å². The Labute approximate surface area is 235 Å². The summed E-state index contributed by atoms with van der Waals surface area (Å²) in [4.78, 5) is 56.4. The zero-order chi connectivity index (χ0) is 30.7. The minimum atomic E-state index is -1.47. The maximum absolute atomic E-state index is 14.6. The van der Waals surface area contributed by atoms with Gasteiger partial charge in [0, 0.05) is 7.05 Å². The maximum atomic E-state index is 14.6. The first-order valence-electron chi connectivity index (χ1n) is 12.5. The van der Waals surface area contributed by atoms with E-state index < -0.39 is 46.3 Å². The molecule has 2 heterocycles. The quantitative estimate of drug-likeness (QED) is 0.351. The number of aromatic carboxylic acids is 1. The Hall–Kier alpha value is -4.00. The summed E-state index contributed by atoms with van der Waals surface area (Å²) in [7, 11) is 1.31. The molecule has 0 saturated carbocycles. The van der Waals surface area contributed by atoms with Crippen LogP contribution in [0.5, 0.6) is 0 Å². The SMILES string of the molecule is CC.Cc1ccc(Nc2c(C(=O)O)c3nc(N(C(=O)OC(C)(C)C)C(=O)OC(C)(C)C)sc3c(=O)n2C)c(F)c1. The zero-order valence-corrected chi connectivity index (χ0v) is 25.1. The number of hydrogen-bond donors (Lipinski definition) is 2. The van der Waals surface area contributed by atoms with Crippen molar-refractivity contribution in [2.45, 2.75) is 73.5 Å². The molecule has 0 bridgehead atoms. The molecule has 0 fully saturated rings. The lowest BCUT2D eigenvalue weighted by atomic mass is 10.2. The van der Waals surface area contributed by atoms with Crippen molar-refractivity contribution in [2.24, 2.45) is 7.05 Å². The highest BCUT2D eigenvalue weighted by Crippen LogP contribution is 2.34. The number of aryl methyl sites for hydroxylation is 1. The van der Waals surface area contributed by atoms with E-state index in [1.807, 2.05) is 13.8 Å². The molecule has 3 rings (SSSR count). The largest absolute Gasteiger partial charge is 0.477 e. The van der Waals surface area contributed by atoms with E-state index in [0.717, 1.165) is 4.57 Å². The Kier molecular flexibility index (Phi) is 9.69. The second-order valence-electron chi connectivity index (χ2n) is 10.5. The van der Waals surface area contributed by atoms with Crippen LogP contribution in [-0.2, 0) is 16.5 Å². The molecule has 1 aromatic carbocycles. The van der Waals surface area contributed by atoms with Crippen molar-refractivity contribution < 1.29 is 33.4 Å². The van der Waals surface area contributed by atoms with Crippen LogP contribution >= 0.6 is 11.3 Å². The zero-order valence-electron chi connectivity index (χ0n) is 24.3. The van der Waals surface area contributed by atoms with Crippen LogP contribution in [0.1, 0.15) is 71.3 Å². The Morgan fingerprint density at radius 2 is 1.57 bits per heavy atom. The molecule has 0 spiro atoms. The van der Waals surface area contributed by atoms with Gasteiger partial charge in [-0.2, -0.15) is 4.90 Å². The lowest BCUT2D eigenvalue weighted by Gasteiger charge is -2.27. The van der Waals surface area contributed by atoms with Gasteiger partial charge in [0.2, 0.25) is 5.13 Å². The molecule has 2 amide bonds. The Bertz CT molecular complexity index is 1470. The summed E-state index contributed by atoms with van der Waals surface area (Å²) in [5.41, 5.74) is -2.85. The molecule has 0 atom stereocenters. The monoisotopic (exact) mass is 578 g/mol. The van der Waals surface area contributed by atoms with Crippen molar-refractivity contribution in [1.29, 1.82) is 0 Å². The van der Waals surface area contributed by atoms with Crippen LogP contribution in [0.15, 0.2) is 23.0 Å². The van der Waals surface area contributed by atoms with Gasteiger partial charge in [-0.05, 0) is 66.2 Å². The third-order valence-electron chi connectivity index (χ3n) is 4.86. The number of halogens is 1. The van der Waals surface area contributed by atoms with Gasteiger partial charge >= 0.3 is 18.2 Å². The van der Waals surface area contributed by atoms with E-state index in [1.165, 1.54) is 19.2 Å². The number of pyridine rings is 1. The number of imide groups is 1. The summed E-state index contributed by atoms with van der Waals surface area (Å²) < 4.78 is 26.1. The number of benzene rings is 1. The molecular formula is C27H35FN4O7S. The number of fused-ring (bicyclic) bond motifs is 1. The van der Waals surface area contributed by atoms with Crippen molar-refractivity contribution in [3.05, 3.63) is 45.5 Å². The lowest BCUT2D eigenvalue weighted by Crippen LogP contribution is -2.43. The normalized spacial score (nSPS) is 11.4. The first kappa shape index (κ1) is 32.2. The van der Waals surface area contributed by atoms with E-state index in [0.29, 0.717) is 21.8 Å². The number of rotatable bonds is 4. The number of hydrogen-bond acceptors (Lipinski definition) is 9. The number of carboxylic acid groups (broad SMARTS) is 1. The summed E-state index contributed by atoms with van der Waals surface area (Å²) in [6.45, 7) is 15.3. The minimum absolute atomic E-state index is 0.0629. The topological polar surface area (TPSA) is 140 Å². The first-order chi connectivity index (χ1) is 18.4. The van der Waals surface area contributed by atoms with Crippen LogP contribution in [0.2, 0.25) is 0 Å². The number of amides is 2. The number of nitrogens with one attached hydrogen (secondary N) is 1. The van der Waals surface area contributed by atoms with E-state index in [4.69, 9.17) is 9.47 Å². The smallest absolute Gasteiger partial charge is 0.426 e. The number of carboxylic acids is 1. The summed E-state index contributed by atoms with van der Waals surface area (Å²) in [6.07, 6.45) is -2.25. The minimum Gasteiger partial charge on any atom is -0.477 e. The molecule has 0 saturated heterocycles. The standard InChI is InChI=1S/C25H29FN4O7S.C2H6/c1-12-9-10-14(13(26)11-12)27-18-15(20(32)33)16-17(19(31)29(18)8)38-21(28-16)30(22(34)36-24(2,3)4)23(35)37-25(5,6)7;1-2/h9-11,27H,1-8H3,(H,32,33);1-2H3. The van der Waals surface area contributed by atoms with Gasteiger partial charge < -0.3 is 19.9 Å². The molecule has 218 valence electrons. The van der Waals surface area contributed by atoms with Gasteiger partial charge in [0.1, 0.15) is 38.6 Å². The molecule has 0 aliphatic carbocycles. The van der Waals surface area contributed by atoms with Gasteiger partial charge in [-0.15, -0.1) is 0 Å². The highest BCUT2D eigenvalue weighted by atomic mass is 32.1. The number of ether oxygens (including phenoxy) is 2. The number of aromatic nitrogens is 2. The molecule has 11 nitrogen and oxygen atoms in total. The molecule has 3 aromatic rings. The second-order valence-corrected chi connectivity index (χ2v) is 11.4. The number of nitrogens with zero attached hydrogens (tertiary/aromatic N) is 3. The maximum Gasteiger partial charge on any atom is 0.426 e. The van der Waals surface area contributed by atoms with Gasteiger partial charge in [0.25, 0.3) is 5.56 Å². The molecule has 13 heteroatoms. The van der Waals surface area contributed by atoms with E-state index in [2.05, 4.69) is 10.3 Å². The first-order valence-corrected chi connectivity index (χ1v) is 13.3. The average molecular weight is 579 g/mol. The van der Waals surface area contributed by atoms with E-state index in [9.17, 15) is 28.7 Å². The molecule has 2 aromatic heterocycles. The van der Waals surface area contributed by atoms with E-state index >= 15 is 0 Å². The fourth-order valence-corrected chi connectivity index (χ4v) is 4.32. The van der Waals surface area contributed by atoms with Crippen molar-refractivity contribution in [3.8, 4) is 0 Å². The molecule has 0 aliphatic rings. The number of thiazole rings is 1. The molecule has 0 radical (unpaired) electrons. The van der Waals surface area contributed by atoms with E-state index in [1.54, 1.807) is 54.5 Å². The average Bonchev–Trinajstić information content (AvgIpc) is 3.22. The van der Waals surface area contributed by atoms with Crippen LogP contribution < -0.4 is 15.8 Å². The molecule has 0 unspecified atom stereocenters. The summed E-state index contributed by atoms with van der Waals surface area (Å²) in [5, 5.41) is 12.4. The number of carbonyl (C=O) groups is 3. The molecule has 2 N–H and O–H groups in total. The highest BCUT2D eigenvalue weighted by Gasteiger charge is 2.36. The third kappa shape index (κ3) is 7.34. The van der Waals surface area contributed by atoms with Crippen molar-refractivity contribution in [3.63, 3.8) is 0 Å². The predicted molar refractivity (Wildman–Crippen MR) is 153 cm³/mol. The Morgan fingerprint density at radius 1 is 1.05 bits per heavy atom.